The maximum absolute atomic E-state index is 12.5. The van der Waals surface area contributed by atoms with Crippen molar-refractivity contribution in [3.8, 4) is 11.1 Å². The number of anilines is 1. The van der Waals surface area contributed by atoms with Crippen molar-refractivity contribution in [3.05, 3.63) is 89.0 Å². The summed E-state index contributed by atoms with van der Waals surface area (Å²) in [5.41, 5.74) is 4.62. The van der Waals surface area contributed by atoms with Crippen LogP contribution in [-0.2, 0) is 18.2 Å². The molecule has 1 aliphatic carbocycles. The summed E-state index contributed by atoms with van der Waals surface area (Å²) in [5, 5.41) is 9.96. The molecule has 1 fully saturated rings. The smallest absolute Gasteiger partial charge is 0.385 e. The Balaban J connectivity index is 0.000000172. The van der Waals surface area contributed by atoms with Crippen molar-refractivity contribution in [2.45, 2.75) is 37.5 Å². The van der Waals surface area contributed by atoms with Gasteiger partial charge in [-0.1, -0.05) is 42.5 Å². The summed E-state index contributed by atoms with van der Waals surface area (Å²) in [7, 11) is 2.05. The monoisotopic (exact) mass is 453 g/mol. The summed E-state index contributed by atoms with van der Waals surface area (Å²) in [4.78, 5) is 12.6. The van der Waals surface area contributed by atoms with Crippen molar-refractivity contribution >= 4 is 12.0 Å². The zero-order valence-electron chi connectivity index (χ0n) is 18.4. The molecule has 3 aromatic rings. The van der Waals surface area contributed by atoms with Gasteiger partial charge in [0.1, 0.15) is 6.29 Å². The second-order valence-electron chi connectivity index (χ2n) is 8.72. The molecule has 1 N–H and O–H groups in total. The van der Waals surface area contributed by atoms with Crippen LogP contribution in [0.25, 0.3) is 11.1 Å². The lowest BCUT2D eigenvalue weighted by atomic mass is 9.75. The number of likely N-dealkylation sites (N-methyl/N-ethyl adjacent to an activating group) is 1. The first-order chi connectivity index (χ1) is 15.7. The number of hydrogen-bond donors (Lipinski definition) is 1. The Hall–Kier alpha value is -3.12. The van der Waals surface area contributed by atoms with Gasteiger partial charge in [-0.3, -0.25) is 4.79 Å². The molecule has 1 heterocycles. The number of halogens is 3. The van der Waals surface area contributed by atoms with Crippen molar-refractivity contribution in [1.82, 2.24) is 0 Å². The molecule has 3 aromatic carbocycles. The second-order valence-corrected chi connectivity index (χ2v) is 8.72. The molecule has 1 aliphatic heterocycles. The average molecular weight is 454 g/mol. The third-order valence-corrected chi connectivity index (χ3v) is 6.52. The van der Waals surface area contributed by atoms with Gasteiger partial charge in [0.05, 0.1) is 11.2 Å². The van der Waals surface area contributed by atoms with E-state index in [1.807, 2.05) is 31.3 Å². The van der Waals surface area contributed by atoms with Crippen LogP contribution < -0.4 is 4.90 Å². The van der Waals surface area contributed by atoms with Gasteiger partial charge < -0.3 is 10.0 Å². The van der Waals surface area contributed by atoms with Crippen LogP contribution in [-0.4, -0.2) is 25.0 Å². The van der Waals surface area contributed by atoms with Gasteiger partial charge in [-0.15, -0.1) is 0 Å². The zero-order valence-corrected chi connectivity index (χ0v) is 18.4. The molecule has 0 spiro atoms. The highest BCUT2D eigenvalue weighted by atomic mass is 19.4. The fraction of sp³-hybridized carbons (Fsp3) is 0.296. The summed E-state index contributed by atoms with van der Waals surface area (Å²) in [5.74, 6) is 0. The Kier molecular flexibility index (Phi) is 6.30. The van der Waals surface area contributed by atoms with E-state index in [0.717, 1.165) is 67.3 Å². The molecule has 5 rings (SSSR count). The van der Waals surface area contributed by atoms with Crippen LogP contribution in [0, 0.1) is 0 Å². The molecule has 6 heteroatoms. The van der Waals surface area contributed by atoms with Gasteiger partial charge in [0.15, 0.2) is 0 Å². The lowest BCUT2D eigenvalue weighted by molar-refractivity contribution is -0.137. The third kappa shape index (κ3) is 4.96. The van der Waals surface area contributed by atoms with E-state index in [9.17, 15) is 23.1 Å². The van der Waals surface area contributed by atoms with Crippen LogP contribution in [0.3, 0.4) is 0 Å². The van der Waals surface area contributed by atoms with Crippen LogP contribution in [0.1, 0.15) is 46.3 Å². The number of carbonyl (C=O) groups is 1. The first-order valence-corrected chi connectivity index (χ1v) is 11.0. The number of nitrogens with zero attached hydrogens (tertiary/aromatic N) is 1. The SMILES string of the molecule is CN1CCc2cc(-c3ccc(C(F)(F)F)cc3)ccc21.O=Cc1ccc(C2(O)CCC2)cc1. The number of carbonyl (C=O) groups excluding carboxylic acids is 1. The van der Waals surface area contributed by atoms with Gasteiger partial charge in [-0.05, 0) is 72.2 Å². The highest BCUT2D eigenvalue weighted by Gasteiger charge is 2.35. The highest BCUT2D eigenvalue weighted by molar-refractivity contribution is 5.74. The van der Waals surface area contributed by atoms with Crippen LogP contribution in [0.4, 0.5) is 18.9 Å². The molecule has 0 aromatic heterocycles. The number of hydrogen-bond acceptors (Lipinski definition) is 3. The third-order valence-electron chi connectivity index (χ3n) is 6.52. The van der Waals surface area contributed by atoms with E-state index in [4.69, 9.17) is 0 Å². The molecule has 1 saturated carbocycles. The fourth-order valence-corrected chi connectivity index (χ4v) is 4.27. The van der Waals surface area contributed by atoms with Crippen LogP contribution in [0.15, 0.2) is 66.7 Å². The summed E-state index contributed by atoms with van der Waals surface area (Å²) in [6.07, 6.45) is 0.293. The van der Waals surface area contributed by atoms with Crippen molar-refractivity contribution in [2.75, 3.05) is 18.5 Å². The number of aliphatic hydroxyl groups is 1. The number of fused-ring (bicyclic) bond motifs is 1. The number of alkyl halides is 3. The van der Waals surface area contributed by atoms with Gasteiger partial charge in [-0.2, -0.15) is 13.2 Å². The molecule has 0 unspecified atom stereocenters. The largest absolute Gasteiger partial charge is 0.416 e. The Labute approximate surface area is 191 Å². The Bertz CT molecular complexity index is 1120. The van der Waals surface area contributed by atoms with Gasteiger partial charge in [0.25, 0.3) is 0 Å². The molecule has 2 aliphatic rings. The lowest BCUT2D eigenvalue weighted by Gasteiger charge is -2.37. The first-order valence-electron chi connectivity index (χ1n) is 11.0. The minimum atomic E-state index is -4.28. The molecule has 33 heavy (non-hydrogen) atoms. The minimum absolute atomic E-state index is 0.609. The molecule has 0 amide bonds. The average Bonchev–Trinajstić information content (AvgIpc) is 3.17. The van der Waals surface area contributed by atoms with Gasteiger partial charge >= 0.3 is 6.18 Å². The van der Waals surface area contributed by atoms with Gasteiger partial charge in [-0.25, -0.2) is 0 Å². The minimum Gasteiger partial charge on any atom is -0.385 e. The van der Waals surface area contributed by atoms with E-state index in [2.05, 4.69) is 11.0 Å². The van der Waals surface area contributed by atoms with Crippen molar-refractivity contribution in [3.63, 3.8) is 0 Å². The maximum Gasteiger partial charge on any atom is 0.416 e. The quantitative estimate of drug-likeness (QED) is 0.478. The summed E-state index contributed by atoms with van der Waals surface area (Å²) in [6, 6.07) is 18.6. The topological polar surface area (TPSA) is 40.5 Å². The van der Waals surface area contributed by atoms with Crippen molar-refractivity contribution < 1.29 is 23.1 Å². The Morgan fingerprint density at radius 3 is 2.12 bits per heavy atom. The van der Waals surface area contributed by atoms with E-state index < -0.39 is 17.3 Å². The normalized spacial score (nSPS) is 16.3. The fourth-order valence-electron chi connectivity index (χ4n) is 4.27. The Morgan fingerprint density at radius 2 is 1.58 bits per heavy atom. The molecular formula is C27H26F3NO2. The standard InChI is InChI=1S/C16H14F3N.C11H12O2/c1-20-9-8-13-10-12(4-7-15(13)20)11-2-5-14(6-3-11)16(17,18)19;12-8-9-2-4-10(5-3-9)11(13)6-1-7-11/h2-7,10H,8-9H2,1H3;2-5,8,13H,1,6-7H2. The summed E-state index contributed by atoms with van der Waals surface area (Å²) >= 11 is 0. The van der Waals surface area contributed by atoms with E-state index >= 15 is 0 Å². The molecule has 0 radical (unpaired) electrons. The summed E-state index contributed by atoms with van der Waals surface area (Å²) in [6.45, 7) is 0.992. The van der Waals surface area contributed by atoms with E-state index in [1.165, 1.54) is 23.4 Å². The van der Waals surface area contributed by atoms with E-state index in [0.29, 0.717) is 5.56 Å². The molecule has 0 bridgehead atoms. The van der Waals surface area contributed by atoms with E-state index in [-0.39, 0.29) is 0 Å². The predicted octanol–water partition coefficient (Wildman–Crippen LogP) is 6.24. The van der Waals surface area contributed by atoms with Gasteiger partial charge in [0, 0.05) is 24.8 Å². The number of rotatable bonds is 3. The maximum atomic E-state index is 12.5. The van der Waals surface area contributed by atoms with E-state index in [1.54, 1.807) is 12.1 Å². The van der Waals surface area contributed by atoms with Crippen LogP contribution in [0.5, 0.6) is 0 Å². The second kappa shape index (κ2) is 9.02. The predicted molar refractivity (Wildman–Crippen MR) is 123 cm³/mol. The molecule has 3 nitrogen and oxygen atoms in total. The van der Waals surface area contributed by atoms with Crippen molar-refractivity contribution in [2.24, 2.45) is 0 Å². The number of aldehydes is 1. The number of benzene rings is 3. The molecule has 172 valence electrons. The molecular weight excluding hydrogens is 427 g/mol. The van der Waals surface area contributed by atoms with Crippen LogP contribution >= 0.6 is 0 Å². The zero-order chi connectivity index (χ0) is 23.6. The Morgan fingerprint density at radius 1 is 0.939 bits per heavy atom. The van der Waals surface area contributed by atoms with Crippen LogP contribution in [0.2, 0.25) is 0 Å². The molecule has 0 saturated heterocycles. The summed E-state index contributed by atoms with van der Waals surface area (Å²) < 4.78 is 37.6. The van der Waals surface area contributed by atoms with Crippen molar-refractivity contribution in [1.29, 1.82) is 0 Å². The first kappa shape index (κ1) is 23.1. The molecule has 0 atom stereocenters. The lowest BCUT2D eigenvalue weighted by Crippen LogP contribution is -2.33. The van der Waals surface area contributed by atoms with Gasteiger partial charge in [0.2, 0.25) is 0 Å². The highest BCUT2D eigenvalue weighted by Crippen LogP contribution is 2.40.